The molecular formula is C29H24Cl2OsP+. The van der Waals surface area contributed by atoms with E-state index in [0.29, 0.717) is 0 Å². The first-order valence-electron chi connectivity index (χ1n) is 10.6. The minimum absolute atomic E-state index is 0.0670. The van der Waals surface area contributed by atoms with Crippen LogP contribution in [0.1, 0.15) is 11.5 Å². The maximum absolute atomic E-state index is 6.62. The molecule has 0 nitrogen and oxygen atoms in total. The van der Waals surface area contributed by atoms with Crippen molar-refractivity contribution in [2.45, 2.75) is 5.92 Å². The molecule has 0 fully saturated rings. The van der Waals surface area contributed by atoms with E-state index in [0.717, 1.165) is 10.9 Å². The number of halogens is 2. The Balaban J connectivity index is 2.19. The second kappa shape index (κ2) is 11.4. The Hall–Kier alpha value is -2.08. The zero-order chi connectivity index (χ0) is 23.1. The van der Waals surface area contributed by atoms with Crippen LogP contribution in [-0.2, 0) is 13.8 Å². The fourth-order valence-electron chi connectivity index (χ4n) is 4.28. The van der Waals surface area contributed by atoms with Gasteiger partial charge in [-0.15, -0.1) is 0 Å². The van der Waals surface area contributed by atoms with Crippen molar-refractivity contribution in [2.75, 3.05) is 0 Å². The second-order valence-electron chi connectivity index (χ2n) is 7.46. The molecule has 1 unspecified atom stereocenters. The molecule has 0 aromatic heterocycles. The average molecular weight is 665 g/mol. The summed E-state index contributed by atoms with van der Waals surface area (Å²) < 4.78 is 3.67. The molecule has 0 spiro atoms. The monoisotopic (exact) mass is 665 g/mol. The standard InChI is InChI=1S/C29H24P.2ClH.Os/c1-3-29(25-16-8-4-9-17-25)24(2)30(26-18-10-5-11-19-26,27-20-12-6-13-21-27)28-22-14-7-15-23-28;;;/h3-23,29H,1H2;2*1H;/q+1;;;+2/p-2. The molecule has 4 aromatic rings. The van der Waals surface area contributed by atoms with Gasteiger partial charge in [0.05, 0.1) is 0 Å². The quantitative estimate of drug-likeness (QED) is 0.145. The van der Waals surface area contributed by atoms with Gasteiger partial charge in [-0.1, -0.05) is 0 Å². The summed E-state index contributed by atoms with van der Waals surface area (Å²) in [7, 11) is 10.9. The fourth-order valence-corrected chi connectivity index (χ4v) is 13.4. The van der Waals surface area contributed by atoms with Crippen molar-refractivity contribution in [1.82, 2.24) is 0 Å². The summed E-state index contributed by atoms with van der Waals surface area (Å²) in [5.74, 6) is -0.0670. The van der Waals surface area contributed by atoms with E-state index in [9.17, 15) is 0 Å². The average Bonchev–Trinajstić information content (AvgIpc) is 2.87. The molecule has 0 radical (unpaired) electrons. The first-order valence-corrected chi connectivity index (χ1v) is 19.9. The van der Waals surface area contributed by atoms with Crippen LogP contribution in [0.5, 0.6) is 0 Å². The third kappa shape index (κ3) is 5.05. The van der Waals surface area contributed by atoms with Gasteiger partial charge in [0.25, 0.3) is 0 Å². The van der Waals surface area contributed by atoms with E-state index in [1.165, 1.54) is 15.9 Å². The van der Waals surface area contributed by atoms with Gasteiger partial charge in [-0.25, -0.2) is 0 Å². The van der Waals surface area contributed by atoms with Crippen LogP contribution in [0.15, 0.2) is 139 Å². The van der Waals surface area contributed by atoms with Gasteiger partial charge >= 0.3 is 211 Å². The number of hydrogen-bond acceptors (Lipinski definition) is 0. The van der Waals surface area contributed by atoms with Crippen molar-refractivity contribution >= 4 is 46.7 Å². The molecule has 0 saturated heterocycles. The van der Waals surface area contributed by atoms with Gasteiger partial charge in [0.2, 0.25) is 0 Å². The molecule has 4 heteroatoms. The van der Waals surface area contributed by atoms with Gasteiger partial charge in [-0.2, -0.15) is 0 Å². The van der Waals surface area contributed by atoms with E-state index in [1.54, 1.807) is 0 Å². The Labute approximate surface area is 210 Å². The Kier molecular flexibility index (Phi) is 8.28. The molecule has 0 aliphatic rings. The molecule has 166 valence electrons. The zero-order valence-electron chi connectivity index (χ0n) is 18.0. The summed E-state index contributed by atoms with van der Waals surface area (Å²) in [6.07, 6.45) is 2.01. The fraction of sp³-hybridized carbons (Fsp3) is 0.0345. The number of rotatable bonds is 7. The van der Waals surface area contributed by atoms with Crippen molar-refractivity contribution in [1.29, 1.82) is 0 Å². The van der Waals surface area contributed by atoms with Crippen molar-refractivity contribution < 1.29 is 13.8 Å². The summed E-state index contributed by atoms with van der Waals surface area (Å²) in [6.45, 7) is 4.25. The van der Waals surface area contributed by atoms with Gasteiger partial charge in [0.15, 0.2) is 0 Å². The topological polar surface area (TPSA) is 0 Å². The zero-order valence-corrected chi connectivity index (χ0v) is 22.9. The minimum atomic E-state index is -2.65. The Morgan fingerprint density at radius 2 is 1.03 bits per heavy atom. The molecule has 0 saturated carbocycles. The maximum atomic E-state index is 6.62. The van der Waals surface area contributed by atoms with Crippen LogP contribution in [0, 0.1) is 0 Å². The van der Waals surface area contributed by atoms with Crippen LogP contribution in [0.3, 0.4) is 0 Å². The normalized spacial score (nSPS) is 12.4. The Bertz CT molecular complexity index is 1170. The van der Waals surface area contributed by atoms with Crippen molar-refractivity contribution in [2.24, 2.45) is 0 Å². The predicted molar refractivity (Wildman–Crippen MR) is 145 cm³/mol. The molecule has 0 N–H and O–H groups in total. The van der Waals surface area contributed by atoms with E-state index in [2.05, 4.69) is 126 Å². The van der Waals surface area contributed by atoms with Crippen LogP contribution in [0.4, 0.5) is 0 Å². The van der Waals surface area contributed by atoms with E-state index in [4.69, 9.17) is 19.3 Å². The Morgan fingerprint density at radius 1 is 0.667 bits per heavy atom. The van der Waals surface area contributed by atoms with Gasteiger partial charge in [0.1, 0.15) is 0 Å². The molecule has 0 amide bonds. The molecule has 1 atom stereocenters. The molecule has 0 heterocycles. The van der Waals surface area contributed by atoms with Crippen LogP contribution < -0.4 is 15.9 Å². The number of allylic oxidation sites excluding steroid dienone is 2. The summed E-state index contributed by atoms with van der Waals surface area (Å²) in [6, 6.07) is 42.7. The molecule has 4 rings (SSSR count). The van der Waals surface area contributed by atoms with E-state index in [1.807, 2.05) is 12.1 Å². The Morgan fingerprint density at radius 3 is 1.36 bits per heavy atom. The van der Waals surface area contributed by atoms with Crippen LogP contribution >= 0.6 is 26.5 Å². The van der Waals surface area contributed by atoms with E-state index in [-0.39, 0.29) is 5.92 Å². The van der Waals surface area contributed by atoms with Gasteiger partial charge < -0.3 is 0 Å². The molecular weight excluding hydrogens is 640 g/mol. The molecule has 0 aliphatic heterocycles. The first-order chi connectivity index (χ1) is 16.2. The molecule has 0 bridgehead atoms. The third-order valence-corrected chi connectivity index (χ3v) is 12.7. The third-order valence-electron chi connectivity index (χ3n) is 5.64. The second-order valence-corrected chi connectivity index (χ2v) is 18.3. The van der Waals surface area contributed by atoms with E-state index >= 15 is 0 Å². The first kappa shape index (κ1) is 24.1. The van der Waals surface area contributed by atoms with Crippen molar-refractivity contribution in [3.05, 3.63) is 145 Å². The molecule has 33 heavy (non-hydrogen) atoms. The predicted octanol–water partition coefficient (Wildman–Crippen LogP) is 7.16. The SMILES string of the molecule is C=CC(C(=[C]=[Os]([Cl])[Cl])[P+](c1ccccc1)(c1ccccc1)c1ccccc1)c1ccccc1. The molecule has 4 aromatic carbocycles. The van der Waals surface area contributed by atoms with Crippen LogP contribution in [0.2, 0.25) is 0 Å². The van der Waals surface area contributed by atoms with Crippen LogP contribution in [0.25, 0.3) is 0 Å². The summed E-state index contributed by atoms with van der Waals surface area (Å²) >= 11 is -2.65. The van der Waals surface area contributed by atoms with Gasteiger partial charge in [-0.05, 0) is 0 Å². The van der Waals surface area contributed by atoms with Crippen molar-refractivity contribution in [3.8, 4) is 0 Å². The van der Waals surface area contributed by atoms with Gasteiger partial charge in [0, 0.05) is 0 Å². The van der Waals surface area contributed by atoms with Crippen LogP contribution in [-0.4, -0.2) is 4.22 Å². The summed E-state index contributed by atoms with van der Waals surface area (Å²) in [5, 5.41) is 4.89. The summed E-state index contributed by atoms with van der Waals surface area (Å²) in [5.41, 5.74) is 1.16. The number of benzene rings is 4. The number of hydrogen-bond donors (Lipinski definition) is 0. The van der Waals surface area contributed by atoms with E-state index < -0.39 is 21.0 Å². The van der Waals surface area contributed by atoms with Gasteiger partial charge in [-0.3, -0.25) is 0 Å². The van der Waals surface area contributed by atoms with Crippen molar-refractivity contribution in [3.63, 3.8) is 0 Å². The summed E-state index contributed by atoms with van der Waals surface area (Å²) in [4.78, 5) is 0. The molecule has 0 aliphatic carbocycles.